The molecule has 2 heterocycles. The Morgan fingerprint density at radius 1 is 1.50 bits per heavy atom. The molecule has 0 aliphatic heterocycles. The molecule has 1 aliphatic rings. The molecule has 116 valence electrons. The molecule has 1 amide bonds. The number of fused-ring (bicyclic) bond motifs is 1. The number of carboxylic acid groups (broad SMARTS) is 1. The molecule has 0 aromatic carbocycles. The molecule has 3 rings (SSSR count). The molecule has 0 unspecified atom stereocenters. The first-order chi connectivity index (χ1) is 10.6. The minimum absolute atomic E-state index is 0.214. The molecule has 0 radical (unpaired) electrons. The molecule has 0 atom stereocenters. The highest BCUT2D eigenvalue weighted by molar-refractivity contribution is 6.03. The van der Waals surface area contributed by atoms with E-state index in [1.54, 1.807) is 6.20 Å². The number of nitrogens with one attached hydrogen (secondary N) is 1. The van der Waals surface area contributed by atoms with Crippen molar-refractivity contribution >= 4 is 28.7 Å². The molecular formula is C15H17N3O4. The molecule has 2 N–H and O–H groups in total. The second-order valence-electron chi connectivity index (χ2n) is 5.40. The second-order valence-corrected chi connectivity index (χ2v) is 5.40. The van der Waals surface area contributed by atoms with Crippen LogP contribution in [-0.4, -0.2) is 40.4 Å². The van der Waals surface area contributed by atoms with Crippen LogP contribution >= 0.6 is 0 Å². The molecule has 1 fully saturated rings. The Balaban J connectivity index is 1.97. The maximum atomic E-state index is 11.9. The van der Waals surface area contributed by atoms with Crippen LogP contribution in [0.15, 0.2) is 18.5 Å². The van der Waals surface area contributed by atoms with Crippen LogP contribution in [0.3, 0.4) is 0 Å². The molecule has 2 aromatic rings. The van der Waals surface area contributed by atoms with E-state index in [4.69, 9.17) is 4.74 Å². The van der Waals surface area contributed by atoms with Gasteiger partial charge in [0.1, 0.15) is 0 Å². The third-order valence-corrected chi connectivity index (χ3v) is 3.73. The van der Waals surface area contributed by atoms with Crippen LogP contribution in [-0.2, 0) is 9.53 Å². The minimum Gasteiger partial charge on any atom is -0.464 e. The van der Waals surface area contributed by atoms with E-state index in [-0.39, 0.29) is 12.3 Å². The zero-order chi connectivity index (χ0) is 15.7. The number of ether oxygens (including phenoxy) is 1. The Kier molecular flexibility index (Phi) is 3.81. The number of rotatable bonds is 5. The van der Waals surface area contributed by atoms with Crippen LogP contribution in [0.25, 0.3) is 11.0 Å². The fourth-order valence-corrected chi connectivity index (χ4v) is 2.42. The summed E-state index contributed by atoms with van der Waals surface area (Å²) < 4.78 is 5.89. The van der Waals surface area contributed by atoms with Crippen LogP contribution in [0.4, 0.5) is 10.5 Å². The second kappa shape index (κ2) is 5.76. The van der Waals surface area contributed by atoms with Gasteiger partial charge in [0.05, 0.1) is 18.7 Å². The first-order valence-corrected chi connectivity index (χ1v) is 7.13. The summed E-state index contributed by atoms with van der Waals surface area (Å²) in [6.07, 6.45) is 4.45. The number of anilines is 1. The summed E-state index contributed by atoms with van der Waals surface area (Å²) >= 11 is 0. The van der Waals surface area contributed by atoms with Gasteiger partial charge in [0.15, 0.2) is 5.65 Å². The highest BCUT2D eigenvalue weighted by Gasteiger charge is 2.25. The number of pyridine rings is 1. The lowest BCUT2D eigenvalue weighted by molar-refractivity contribution is -0.117. The van der Waals surface area contributed by atoms with Crippen molar-refractivity contribution in [2.45, 2.75) is 25.2 Å². The van der Waals surface area contributed by atoms with Gasteiger partial charge in [-0.1, -0.05) is 0 Å². The molecule has 0 spiro atoms. The number of hydrogen-bond donors (Lipinski definition) is 2. The molecule has 1 saturated carbocycles. The van der Waals surface area contributed by atoms with Gasteiger partial charge in [-0.25, -0.2) is 14.3 Å². The lowest BCUT2D eigenvalue weighted by Crippen LogP contribution is -2.13. The molecular weight excluding hydrogens is 286 g/mol. The highest BCUT2D eigenvalue weighted by atomic mass is 16.5. The smallest absolute Gasteiger partial charge is 0.417 e. The fraction of sp³-hybridized carbons (Fsp3) is 0.400. The van der Waals surface area contributed by atoms with Crippen LogP contribution in [0, 0.1) is 0 Å². The van der Waals surface area contributed by atoms with Crippen molar-refractivity contribution in [1.29, 1.82) is 0 Å². The van der Waals surface area contributed by atoms with Gasteiger partial charge in [-0.2, -0.15) is 0 Å². The Hall–Kier alpha value is -2.41. The van der Waals surface area contributed by atoms with Gasteiger partial charge in [-0.3, -0.25) is 4.79 Å². The van der Waals surface area contributed by atoms with Crippen molar-refractivity contribution in [3.63, 3.8) is 0 Å². The van der Waals surface area contributed by atoms with Gasteiger partial charge >= 0.3 is 6.09 Å². The topological polar surface area (TPSA) is 93.5 Å². The van der Waals surface area contributed by atoms with Crippen LogP contribution in [0.2, 0.25) is 0 Å². The van der Waals surface area contributed by atoms with Gasteiger partial charge in [0, 0.05) is 24.9 Å². The molecule has 7 heteroatoms. The minimum atomic E-state index is -1.13. The maximum absolute atomic E-state index is 11.9. The van der Waals surface area contributed by atoms with E-state index in [1.165, 1.54) is 13.3 Å². The Morgan fingerprint density at radius 2 is 2.27 bits per heavy atom. The first kappa shape index (κ1) is 14.5. The Labute approximate surface area is 126 Å². The van der Waals surface area contributed by atoms with Gasteiger partial charge in [0.2, 0.25) is 5.91 Å². The monoisotopic (exact) mass is 303 g/mol. The third kappa shape index (κ3) is 2.80. The Bertz CT molecular complexity index is 734. The quantitative estimate of drug-likeness (QED) is 0.884. The van der Waals surface area contributed by atoms with Crippen LogP contribution in [0.1, 0.15) is 30.7 Å². The highest BCUT2D eigenvalue weighted by Crippen LogP contribution is 2.41. The Morgan fingerprint density at radius 3 is 2.91 bits per heavy atom. The van der Waals surface area contributed by atoms with Crippen LogP contribution < -0.4 is 5.32 Å². The third-order valence-electron chi connectivity index (χ3n) is 3.73. The summed E-state index contributed by atoms with van der Waals surface area (Å²) in [7, 11) is 1.52. The summed E-state index contributed by atoms with van der Waals surface area (Å²) in [6.45, 7) is 0.314. The maximum Gasteiger partial charge on any atom is 0.417 e. The van der Waals surface area contributed by atoms with E-state index in [9.17, 15) is 14.7 Å². The summed E-state index contributed by atoms with van der Waals surface area (Å²) in [6, 6.07) is 1.92. The predicted octanol–water partition coefficient (Wildman–Crippen LogP) is 2.41. The number of nitrogens with zero attached hydrogens (tertiary/aromatic N) is 2. The molecule has 0 bridgehead atoms. The fourth-order valence-electron chi connectivity index (χ4n) is 2.42. The van der Waals surface area contributed by atoms with E-state index in [2.05, 4.69) is 10.3 Å². The van der Waals surface area contributed by atoms with Crippen molar-refractivity contribution in [2.24, 2.45) is 0 Å². The van der Waals surface area contributed by atoms with Gasteiger partial charge < -0.3 is 15.2 Å². The van der Waals surface area contributed by atoms with E-state index in [1.807, 2.05) is 6.07 Å². The first-order valence-electron chi connectivity index (χ1n) is 7.13. The van der Waals surface area contributed by atoms with E-state index < -0.39 is 6.09 Å². The van der Waals surface area contributed by atoms with Crippen LogP contribution in [0.5, 0.6) is 0 Å². The zero-order valence-electron chi connectivity index (χ0n) is 12.2. The van der Waals surface area contributed by atoms with Crippen molar-refractivity contribution in [3.05, 3.63) is 24.0 Å². The average Bonchev–Trinajstić information content (AvgIpc) is 3.28. The molecule has 22 heavy (non-hydrogen) atoms. The summed E-state index contributed by atoms with van der Waals surface area (Å²) in [5.74, 6) is 0.283. The molecule has 0 saturated heterocycles. The number of aromatic nitrogens is 2. The molecule has 1 aliphatic carbocycles. The molecule has 7 nitrogen and oxygen atoms in total. The average molecular weight is 303 g/mol. The van der Waals surface area contributed by atoms with Crippen molar-refractivity contribution in [2.75, 3.05) is 19.0 Å². The van der Waals surface area contributed by atoms with Gasteiger partial charge in [-0.05, 0) is 30.4 Å². The number of amides is 1. The number of carbonyl (C=O) groups is 2. The number of carbonyl (C=O) groups excluding carboxylic acids is 1. The lowest BCUT2D eigenvalue weighted by atomic mass is 10.1. The predicted molar refractivity (Wildman–Crippen MR) is 80.3 cm³/mol. The van der Waals surface area contributed by atoms with Crippen molar-refractivity contribution < 1.29 is 19.4 Å². The van der Waals surface area contributed by atoms with Gasteiger partial charge in [-0.15, -0.1) is 0 Å². The molecule has 2 aromatic heterocycles. The summed E-state index contributed by atoms with van der Waals surface area (Å²) in [5, 5.41) is 12.6. The summed E-state index contributed by atoms with van der Waals surface area (Å²) in [5.41, 5.74) is 1.88. The van der Waals surface area contributed by atoms with Gasteiger partial charge in [0.25, 0.3) is 0 Å². The zero-order valence-corrected chi connectivity index (χ0v) is 12.2. The largest absolute Gasteiger partial charge is 0.464 e. The number of hydrogen-bond acceptors (Lipinski definition) is 4. The normalized spacial score (nSPS) is 14.2. The summed E-state index contributed by atoms with van der Waals surface area (Å²) in [4.78, 5) is 27.4. The number of methoxy groups -OCH3 is 1. The van der Waals surface area contributed by atoms with Crippen molar-refractivity contribution in [3.8, 4) is 0 Å². The van der Waals surface area contributed by atoms with E-state index in [0.717, 1.165) is 23.0 Å². The lowest BCUT2D eigenvalue weighted by Gasteiger charge is -2.04. The van der Waals surface area contributed by atoms with E-state index >= 15 is 0 Å². The standard InChI is InChI=1S/C15H17N3O4/c1-22-5-4-13(19)17-12-8-18(15(20)21)14-11(12)6-10(7-16-14)9-2-3-9/h6-9H,2-5H2,1H3,(H,17,19)(H,20,21). The SMILES string of the molecule is COCCC(=O)Nc1cn(C(=O)O)c2ncc(C3CC3)cc12. The van der Waals surface area contributed by atoms with E-state index in [0.29, 0.717) is 29.2 Å². The van der Waals surface area contributed by atoms with Crippen molar-refractivity contribution in [1.82, 2.24) is 9.55 Å².